The molecular formula is C59H37NO2. The third-order valence-corrected chi connectivity index (χ3v) is 13.1. The first-order valence-electron chi connectivity index (χ1n) is 21.2. The van der Waals surface area contributed by atoms with Gasteiger partial charge in [-0.05, 0) is 98.4 Å². The molecular weight excluding hydrogens is 755 g/mol. The SMILES string of the molecule is c1ccc(-c2ccc3c(c2)Oc2c(ccc4ccccc24)C32c3ccccc3-c3ccc(-c4ccc(N(c5ccccc5)c5cccc6c5oc5ccccc56)cc4)cc32)cc1. The van der Waals surface area contributed by atoms with Crippen molar-refractivity contribution in [3.05, 3.63) is 247 Å². The first kappa shape index (κ1) is 34.7. The topological polar surface area (TPSA) is 25.6 Å². The Bertz CT molecular complexity index is 3550. The third kappa shape index (κ3) is 5.00. The van der Waals surface area contributed by atoms with Crippen LogP contribution in [0.3, 0.4) is 0 Å². The number of ether oxygens (including phenoxy) is 1. The van der Waals surface area contributed by atoms with E-state index in [-0.39, 0.29) is 0 Å². The molecule has 0 saturated carbocycles. The molecule has 0 fully saturated rings. The van der Waals surface area contributed by atoms with E-state index in [4.69, 9.17) is 9.15 Å². The lowest BCUT2D eigenvalue weighted by atomic mass is 9.65. The molecule has 0 bridgehead atoms. The minimum absolute atomic E-state index is 0.612. The lowest BCUT2D eigenvalue weighted by Gasteiger charge is -2.40. The molecule has 2 heterocycles. The van der Waals surface area contributed by atoms with Crippen molar-refractivity contribution >= 4 is 49.8 Å². The number of rotatable bonds is 5. The van der Waals surface area contributed by atoms with Gasteiger partial charge in [0.1, 0.15) is 17.1 Å². The van der Waals surface area contributed by atoms with Gasteiger partial charge in [0.05, 0.1) is 11.1 Å². The first-order valence-corrected chi connectivity index (χ1v) is 21.2. The van der Waals surface area contributed by atoms with Crippen LogP contribution < -0.4 is 9.64 Å². The summed E-state index contributed by atoms with van der Waals surface area (Å²) in [5, 5.41) is 4.48. The van der Waals surface area contributed by atoms with Crippen LogP contribution in [-0.2, 0) is 5.41 Å². The minimum atomic E-state index is -0.612. The van der Waals surface area contributed by atoms with E-state index < -0.39 is 5.41 Å². The van der Waals surface area contributed by atoms with E-state index in [9.17, 15) is 0 Å². The molecule has 11 aromatic rings. The molecule has 0 saturated heterocycles. The average molecular weight is 792 g/mol. The minimum Gasteiger partial charge on any atom is -0.456 e. The summed E-state index contributed by atoms with van der Waals surface area (Å²) < 4.78 is 13.7. The Morgan fingerprint density at radius 1 is 0.371 bits per heavy atom. The van der Waals surface area contributed by atoms with Crippen LogP contribution >= 0.6 is 0 Å². The maximum Gasteiger partial charge on any atom is 0.159 e. The second kappa shape index (κ2) is 13.4. The van der Waals surface area contributed by atoms with Crippen LogP contribution in [0.1, 0.15) is 22.3 Å². The van der Waals surface area contributed by atoms with Crippen LogP contribution in [0.2, 0.25) is 0 Å². The number of hydrogen-bond donors (Lipinski definition) is 0. The van der Waals surface area contributed by atoms with Crippen molar-refractivity contribution in [3.63, 3.8) is 0 Å². The van der Waals surface area contributed by atoms with Gasteiger partial charge in [0, 0.05) is 38.7 Å². The monoisotopic (exact) mass is 791 g/mol. The van der Waals surface area contributed by atoms with Gasteiger partial charge in [-0.2, -0.15) is 0 Å². The van der Waals surface area contributed by atoms with E-state index in [1.807, 2.05) is 12.1 Å². The number of benzene rings is 10. The maximum atomic E-state index is 7.13. The molecule has 13 rings (SSSR count). The molecule has 1 aliphatic carbocycles. The summed E-state index contributed by atoms with van der Waals surface area (Å²) in [7, 11) is 0. The van der Waals surface area contributed by atoms with Gasteiger partial charge in [0.25, 0.3) is 0 Å². The molecule has 3 heteroatoms. The fraction of sp³-hybridized carbons (Fsp3) is 0.0169. The molecule has 2 aliphatic rings. The van der Waals surface area contributed by atoms with Crippen LogP contribution in [-0.4, -0.2) is 0 Å². The van der Waals surface area contributed by atoms with Gasteiger partial charge in [0.15, 0.2) is 5.58 Å². The number of fused-ring (bicyclic) bond motifs is 14. The summed E-state index contributed by atoms with van der Waals surface area (Å²) in [6.07, 6.45) is 0. The van der Waals surface area contributed by atoms with E-state index in [0.717, 1.165) is 94.7 Å². The average Bonchev–Trinajstić information content (AvgIpc) is 3.87. The predicted octanol–water partition coefficient (Wildman–Crippen LogP) is 16.0. The molecule has 1 aromatic heterocycles. The highest BCUT2D eigenvalue weighted by Gasteiger charge is 2.51. The molecule has 1 atom stereocenters. The number of nitrogens with zero attached hydrogens (tertiary/aromatic N) is 1. The van der Waals surface area contributed by atoms with Crippen molar-refractivity contribution in [2.45, 2.75) is 5.41 Å². The second-order valence-corrected chi connectivity index (χ2v) is 16.4. The highest BCUT2D eigenvalue weighted by atomic mass is 16.5. The number of furan rings is 1. The van der Waals surface area contributed by atoms with E-state index in [1.54, 1.807) is 0 Å². The zero-order chi connectivity index (χ0) is 40.8. The summed E-state index contributed by atoms with van der Waals surface area (Å²) in [6, 6.07) is 80.8. The summed E-state index contributed by atoms with van der Waals surface area (Å²) in [5.41, 5.74) is 16.2. The van der Waals surface area contributed by atoms with Crippen LogP contribution in [0.4, 0.5) is 17.1 Å². The quantitative estimate of drug-likeness (QED) is 0.174. The van der Waals surface area contributed by atoms with E-state index in [1.165, 1.54) is 22.3 Å². The Labute approximate surface area is 359 Å². The van der Waals surface area contributed by atoms with Crippen molar-refractivity contribution in [1.29, 1.82) is 0 Å². The van der Waals surface area contributed by atoms with Gasteiger partial charge in [-0.25, -0.2) is 0 Å². The molecule has 1 unspecified atom stereocenters. The fourth-order valence-electron chi connectivity index (χ4n) is 10.4. The van der Waals surface area contributed by atoms with Crippen molar-refractivity contribution in [3.8, 4) is 44.9 Å². The standard InChI is InChI=1S/C59H37NO2/c1-3-14-38(15-4-1)42-30-34-51-56(37-42)62-57-45-19-8-7-16-40(45)29-35-52(57)59(51)50-23-11-9-20-46(50)47-33-28-41(36-53(47)59)39-26-31-44(32-27-39)60(43-17-5-2-6-18-43)54-24-13-22-49-48-21-10-12-25-55(48)61-58(49)54/h1-37H. The van der Waals surface area contributed by atoms with Gasteiger partial charge >= 0.3 is 0 Å². The van der Waals surface area contributed by atoms with Gasteiger partial charge in [-0.15, -0.1) is 0 Å². The van der Waals surface area contributed by atoms with Crippen molar-refractivity contribution < 1.29 is 9.15 Å². The second-order valence-electron chi connectivity index (χ2n) is 16.4. The van der Waals surface area contributed by atoms with Gasteiger partial charge < -0.3 is 14.1 Å². The molecule has 290 valence electrons. The normalized spacial score (nSPS) is 14.6. The van der Waals surface area contributed by atoms with Crippen molar-refractivity contribution in [2.24, 2.45) is 0 Å². The maximum absolute atomic E-state index is 7.13. The zero-order valence-electron chi connectivity index (χ0n) is 33.6. The lowest BCUT2D eigenvalue weighted by Crippen LogP contribution is -2.32. The van der Waals surface area contributed by atoms with Crippen molar-refractivity contribution in [1.82, 2.24) is 0 Å². The summed E-state index contributed by atoms with van der Waals surface area (Å²) >= 11 is 0. The van der Waals surface area contributed by atoms with Crippen LogP contribution in [0.5, 0.6) is 11.5 Å². The Kier molecular flexibility index (Phi) is 7.52. The summed E-state index contributed by atoms with van der Waals surface area (Å²) in [6.45, 7) is 0. The smallest absolute Gasteiger partial charge is 0.159 e. The van der Waals surface area contributed by atoms with Crippen LogP contribution in [0.25, 0.3) is 66.1 Å². The van der Waals surface area contributed by atoms with Crippen LogP contribution in [0, 0.1) is 0 Å². The predicted molar refractivity (Wildman–Crippen MR) is 254 cm³/mol. The van der Waals surface area contributed by atoms with Gasteiger partial charge in [-0.3, -0.25) is 0 Å². The molecule has 0 N–H and O–H groups in total. The van der Waals surface area contributed by atoms with E-state index in [0.29, 0.717) is 0 Å². The lowest BCUT2D eigenvalue weighted by molar-refractivity contribution is 0.442. The first-order chi connectivity index (χ1) is 30.7. The zero-order valence-corrected chi connectivity index (χ0v) is 33.6. The third-order valence-electron chi connectivity index (χ3n) is 13.1. The van der Waals surface area contributed by atoms with Crippen molar-refractivity contribution in [2.75, 3.05) is 4.90 Å². The molecule has 0 radical (unpaired) electrons. The summed E-state index contributed by atoms with van der Waals surface area (Å²) in [4.78, 5) is 2.30. The molecule has 1 aliphatic heterocycles. The number of anilines is 3. The molecule has 10 aromatic carbocycles. The van der Waals surface area contributed by atoms with Gasteiger partial charge in [0.2, 0.25) is 0 Å². The highest BCUT2D eigenvalue weighted by molar-refractivity contribution is 6.10. The Morgan fingerprint density at radius 2 is 1.00 bits per heavy atom. The Morgan fingerprint density at radius 3 is 1.87 bits per heavy atom. The largest absolute Gasteiger partial charge is 0.456 e. The molecule has 1 spiro atoms. The Hall–Kier alpha value is -8.14. The number of para-hydroxylation sites is 3. The van der Waals surface area contributed by atoms with E-state index in [2.05, 4.69) is 217 Å². The summed E-state index contributed by atoms with van der Waals surface area (Å²) in [5.74, 6) is 1.80. The van der Waals surface area contributed by atoms with E-state index >= 15 is 0 Å². The van der Waals surface area contributed by atoms with Gasteiger partial charge in [-0.1, -0.05) is 176 Å². The fourth-order valence-corrected chi connectivity index (χ4v) is 10.4. The molecule has 0 amide bonds. The Balaban J connectivity index is 0.995. The molecule has 3 nitrogen and oxygen atoms in total. The highest BCUT2D eigenvalue weighted by Crippen LogP contribution is 2.63. The van der Waals surface area contributed by atoms with Crippen LogP contribution in [0.15, 0.2) is 229 Å². The number of hydrogen-bond acceptors (Lipinski definition) is 3. The molecule has 62 heavy (non-hydrogen) atoms.